The van der Waals surface area contributed by atoms with Gasteiger partial charge in [0.1, 0.15) is 17.8 Å². The Kier molecular flexibility index (Phi) is 3.85. The number of piperazine rings is 1. The Morgan fingerprint density at radius 2 is 1.95 bits per heavy atom. The molecule has 0 spiro atoms. The predicted octanol–water partition coefficient (Wildman–Crippen LogP) is -0.464. The van der Waals surface area contributed by atoms with Gasteiger partial charge in [0.05, 0.1) is 18.5 Å². The van der Waals surface area contributed by atoms with Crippen LogP contribution in [0.3, 0.4) is 0 Å². The molecule has 3 rings (SSSR count). The Labute approximate surface area is 122 Å². The molecule has 1 fully saturated rings. The third-order valence-corrected chi connectivity index (χ3v) is 3.88. The summed E-state index contributed by atoms with van der Waals surface area (Å²) in [6.45, 7) is 3.94. The van der Waals surface area contributed by atoms with Gasteiger partial charge < -0.3 is 14.9 Å². The van der Waals surface area contributed by atoms with E-state index in [9.17, 15) is 4.79 Å². The first-order valence-corrected chi connectivity index (χ1v) is 7.09. The highest BCUT2D eigenvalue weighted by atomic mass is 16.3. The smallest absolute Gasteiger partial charge is 0.252 e. The minimum atomic E-state index is -0.153. The SMILES string of the molecule is CN1CCN(c2ncnc3c2ccc(=O)n3CCO)CC1. The van der Waals surface area contributed by atoms with Crippen LogP contribution in [0.5, 0.6) is 0 Å². The highest BCUT2D eigenvalue weighted by Crippen LogP contribution is 2.22. The molecule has 2 aromatic rings. The van der Waals surface area contributed by atoms with Crippen molar-refractivity contribution in [2.75, 3.05) is 44.7 Å². The van der Waals surface area contributed by atoms with Gasteiger partial charge in [0, 0.05) is 32.2 Å². The van der Waals surface area contributed by atoms with Crippen LogP contribution in [0, 0.1) is 0 Å². The van der Waals surface area contributed by atoms with Gasteiger partial charge in [0.15, 0.2) is 0 Å². The molecule has 0 aromatic carbocycles. The highest BCUT2D eigenvalue weighted by Gasteiger charge is 2.18. The Bertz CT molecular complexity index is 691. The van der Waals surface area contributed by atoms with Gasteiger partial charge in [-0.15, -0.1) is 0 Å². The summed E-state index contributed by atoms with van der Waals surface area (Å²) in [5.41, 5.74) is 0.431. The molecule has 0 bridgehead atoms. The van der Waals surface area contributed by atoms with Crippen LogP contribution in [-0.2, 0) is 6.54 Å². The fourth-order valence-corrected chi connectivity index (χ4v) is 2.68. The molecular formula is C14H19N5O2. The largest absolute Gasteiger partial charge is 0.395 e. The minimum Gasteiger partial charge on any atom is -0.395 e. The number of aliphatic hydroxyl groups excluding tert-OH is 1. The molecule has 1 saturated heterocycles. The third kappa shape index (κ3) is 2.62. The van der Waals surface area contributed by atoms with E-state index >= 15 is 0 Å². The number of hydrogen-bond acceptors (Lipinski definition) is 6. The van der Waals surface area contributed by atoms with E-state index in [1.165, 1.54) is 17.0 Å². The van der Waals surface area contributed by atoms with Gasteiger partial charge in [-0.25, -0.2) is 9.97 Å². The number of likely N-dealkylation sites (N-methyl/N-ethyl adjacent to an activating group) is 1. The fourth-order valence-electron chi connectivity index (χ4n) is 2.68. The summed E-state index contributed by atoms with van der Waals surface area (Å²) in [4.78, 5) is 25.1. The summed E-state index contributed by atoms with van der Waals surface area (Å²) in [6, 6.07) is 3.29. The van der Waals surface area contributed by atoms with Crippen molar-refractivity contribution in [2.24, 2.45) is 0 Å². The quantitative estimate of drug-likeness (QED) is 0.824. The molecule has 7 heteroatoms. The zero-order valence-electron chi connectivity index (χ0n) is 12.1. The molecule has 0 atom stereocenters. The first kappa shape index (κ1) is 14.0. The van der Waals surface area contributed by atoms with Crippen molar-refractivity contribution in [3.05, 3.63) is 28.8 Å². The van der Waals surface area contributed by atoms with Crippen LogP contribution in [0.25, 0.3) is 11.0 Å². The Hall–Kier alpha value is -1.99. The van der Waals surface area contributed by atoms with Crippen LogP contribution >= 0.6 is 0 Å². The molecule has 112 valence electrons. The third-order valence-electron chi connectivity index (χ3n) is 3.88. The lowest BCUT2D eigenvalue weighted by molar-refractivity contribution is 0.276. The van der Waals surface area contributed by atoms with E-state index in [4.69, 9.17) is 5.11 Å². The summed E-state index contributed by atoms with van der Waals surface area (Å²) in [5.74, 6) is 0.861. The highest BCUT2D eigenvalue weighted by molar-refractivity contribution is 5.87. The van der Waals surface area contributed by atoms with E-state index in [0.717, 1.165) is 37.4 Å². The molecule has 0 radical (unpaired) electrons. The molecule has 1 N–H and O–H groups in total. The topological polar surface area (TPSA) is 74.5 Å². The summed E-state index contributed by atoms with van der Waals surface area (Å²) in [5, 5.41) is 9.99. The number of fused-ring (bicyclic) bond motifs is 1. The standard InChI is InChI=1S/C14H19N5O2/c1-17-4-6-18(7-5-17)13-11-2-3-12(21)19(8-9-20)14(11)16-10-15-13/h2-3,10,20H,4-9H2,1H3. The van der Waals surface area contributed by atoms with Gasteiger partial charge in [-0.3, -0.25) is 9.36 Å². The molecule has 1 aliphatic heterocycles. The van der Waals surface area contributed by atoms with E-state index in [1.54, 1.807) is 6.07 Å². The fraction of sp³-hybridized carbons (Fsp3) is 0.500. The molecule has 7 nitrogen and oxygen atoms in total. The number of aliphatic hydroxyl groups is 1. The van der Waals surface area contributed by atoms with Gasteiger partial charge in [-0.2, -0.15) is 0 Å². The second-order valence-electron chi connectivity index (χ2n) is 5.27. The second kappa shape index (κ2) is 5.79. The average Bonchev–Trinajstić information content (AvgIpc) is 2.50. The van der Waals surface area contributed by atoms with Crippen LogP contribution in [0.4, 0.5) is 5.82 Å². The van der Waals surface area contributed by atoms with Gasteiger partial charge in [0.25, 0.3) is 5.56 Å². The predicted molar refractivity (Wildman–Crippen MR) is 80.6 cm³/mol. The lowest BCUT2D eigenvalue weighted by Gasteiger charge is -2.33. The number of pyridine rings is 1. The van der Waals surface area contributed by atoms with Crippen molar-refractivity contribution in [1.29, 1.82) is 0 Å². The summed E-state index contributed by atoms with van der Waals surface area (Å²) in [6.07, 6.45) is 1.49. The summed E-state index contributed by atoms with van der Waals surface area (Å²) >= 11 is 0. The molecule has 21 heavy (non-hydrogen) atoms. The van der Waals surface area contributed by atoms with Crippen molar-refractivity contribution < 1.29 is 5.11 Å². The number of nitrogens with zero attached hydrogens (tertiary/aromatic N) is 5. The normalized spacial score (nSPS) is 16.6. The van der Waals surface area contributed by atoms with Crippen LogP contribution in [0.15, 0.2) is 23.3 Å². The summed E-state index contributed by atoms with van der Waals surface area (Å²) < 4.78 is 1.50. The van der Waals surface area contributed by atoms with E-state index in [1.807, 2.05) is 0 Å². The minimum absolute atomic E-state index is 0.0904. The van der Waals surface area contributed by atoms with Crippen molar-refractivity contribution in [1.82, 2.24) is 19.4 Å². The van der Waals surface area contributed by atoms with Gasteiger partial charge in [0.2, 0.25) is 0 Å². The maximum atomic E-state index is 11.9. The number of aromatic nitrogens is 3. The number of hydrogen-bond donors (Lipinski definition) is 1. The lowest BCUT2D eigenvalue weighted by atomic mass is 10.2. The van der Waals surface area contributed by atoms with Crippen molar-refractivity contribution in [3.8, 4) is 0 Å². The molecule has 0 unspecified atom stereocenters. The Balaban J connectivity index is 2.08. The first-order chi connectivity index (χ1) is 10.2. The van der Waals surface area contributed by atoms with Crippen LogP contribution < -0.4 is 10.5 Å². The second-order valence-corrected chi connectivity index (χ2v) is 5.27. The molecule has 0 aliphatic carbocycles. The maximum Gasteiger partial charge on any atom is 0.252 e. The Morgan fingerprint density at radius 1 is 1.19 bits per heavy atom. The molecule has 2 aromatic heterocycles. The van der Waals surface area contributed by atoms with Gasteiger partial charge >= 0.3 is 0 Å². The number of anilines is 1. The van der Waals surface area contributed by atoms with E-state index in [2.05, 4.69) is 26.8 Å². The van der Waals surface area contributed by atoms with Crippen molar-refractivity contribution in [2.45, 2.75) is 6.54 Å². The van der Waals surface area contributed by atoms with Crippen LogP contribution in [0.1, 0.15) is 0 Å². The maximum absolute atomic E-state index is 11.9. The summed E-state index contributed by atoms with van der Waals surface area (Å²) in [7, 11) is 2.11. The van der Waals surface area contributed by atoms with Crippen LogP contribution in [-0.4, -0.2) is 64.4 Å². The zero-order valence-corrected chi connectivity index (χ0v) is 12.1. The molecule has 0 saturated carbocycles. The number of rotatable bonds is 3. The molecule has 3 heterocycles. The van der Waals surface area contributed by atoms with Gasteiger partial charge in [-0.1, -0.05) is 0 Å². The van der Waals surface area contributed by atoms with E-state index < -0.39 is 0 Å². The van der Waals surface area contributed by atoms with E-state index in [0.29, 0.717) is 5.65 Å². The van der Waals surface area contributed by atoms with Crippen molar-refractivity contribution >= 4 is 16.9 Å². The molecular weight excluding hydrogens is 270 g/mol. The molecule has 0 amide bonds. The van der Waals surface area contributed by atoms with E-state index in [-0.39, 0.29) is 18.7 Å². The lowest BCUT2D eigenvalue weighted by Crippen LogP contribution is -2.45. The van der Waals surface area contributed by atoms with Crippen LogP contribution in [0.2, 0.25) is 0 Å². The molecule has 1 aliphatic rings. The van der Waals surface area contributed by atoms with Gasteiger partial charge in [-0.05, 0) is 13.1 Å². The first-order valence-electron chi connectivity index (χ1n) is 7.09. The van der Waals surface area contributed by atoms with Crippen molar-refractivity contribution in [3.63, 3.8) is 0 Å². The zero-order chi connectivity index (χ0) is 14.8. The monoisotopic (exact) mass is 289 g/mol. The average molecular weight is 289 g/mol. The Morgan fingerprint density at radius 3 is 2.67 bits per heavy atom.